The normalized spacial score (nSPS) is 16.0. The summed E-state index contributed by atoms with van der Waals surface area (Å²) in [5.41, 5.74) is 1.62. The van der Waals surface area contributed by atoms with E-state index < -0.39 is 0 Å². The van der Waals surface area contributed by atoms with Gasteiger partial charge in [-0.1, -0.05) is 23.2 Å². The Hall–Kier alpha value is -0.560. The minimum absolute atomic E-state index is 0. The van der Waals surface area contributed by atoms with E-state index in [1.54, 1.807) is 12.1 Å². The van der Waals surface area contributed by atoms with Gasteiger partial charge in [0.15, 0.2) is 0 Å². The van der Waals surface area contributed by atoms with Gasteiger partial charge >= 0.3 is 0 Å². The van der Waals surface area contributed by atoms with Gasteiger partial charge in [-0.05, 0) is 31.2 Å². The Kier molecular flexibility index (Phi) is 8.95. The number of carbonyl (C=O) groups is 1. The predicted octanol–water partition coefficient (Wildman–Crippen LogP) is 4.32. The molecule has 2 aromatic rings. The first-order valence-corrected chi connectivity index (χ1v) is 9.04. The van der Waals surface area contributed by atoms with Crippen molar-refractivity contribution in [1.82, 2.24) is 15.2 Å². The molecule has 0 saturated carbocycles. The average molecular weight is 443 g/mol. The number of likely N-dealkylation sites (N-methyl/N-ethyl adjacent to an activating group) is 1. The highest BCUT2D eigenvalue weighted by molar-refractivity contribution is 7.13. The molecular formula is C16H19Cl4N3OS. The van der Waals surface area contributed by atoms with Crippen LogP contribution in [-0.4, -0.2) is 42.0 Å². The molecule has 1 amide bonds. The van der Waals surface area contributed by atoms with Gasteiger partial charge in [-0.3, -0.25) is 4.79 Å². The number of hydrogen-bond acceptors (Lipinski definition) is 4. The monoisotopic (exact) mass is 441 g/mol. The lowest BCUT2D eigenvalue weighted by Gasteiger charge is -2.23. The molecule has 1 aliphatic heterocycles. The maximum atomic E-state index is 12.4. The zero-order valence-electron chi connectivity index (χ0n) is 13.5. The summed E-state index contributed by atoms with van der Waals surface area (Å²) in [6, 6.07) is 5.62. The van der Waals surface area contributed by atoms with E-state index in [9.17, 15) is 4.79 Å². The van der Waals surface area contributed by atoms with Crippen LogP contribution in [0.4, 0.5) is 0 Å². The Morgan fingerprint density at radius 2 is 2.16 bits per heavy atom. The first kappa shape index (κ1) is 22.5. The van der Waals surface area contributed by atoms with Crippen LogP contribution in [0.3, 0.4) is 0 Å². The summed E-state index contributed by atoms with van der Waals surface area (Å²) in [6.45, 7) is 1.84. The van der Waals surface area contributed by atoms with Gasteiger partial charge in [-0.15, -0.1) is 36.2 Å². The standard InChI is InChI=1S/C16H17Cl2N3OS.2ClH/c1-21(12-4-5-19-8-12)15(22)7-11-9-23-16(20-11)13-3-2-10(17)6-14(13)18;;/h2-3,6,9,12,19H,4-5,7-8H2,1H3;2*1H. The van der Waals surface area contributed by atoms with Gasteiger partial charge in [0.2, 0.25) is 5.91 Å². The number of aromatic nitrogens is 1. The van der Waals surface area contributed by atoms with Crippen LogP contribution >= 0.6 is 59.4 Å². The fourth-order valence-electron chi connectivity index (χ4n) is 2.63. The van der Waals surface area contributed by atoms with Crippen LogP contribution in [0.5, 0.6) is 0 Å². The minimum Gasteiger partial charge on any atom is -0.341 e. The Morgan fingerprint density at radius 3 is 2.80 bits per heavy atom. The molecule has 3 rings (SSSR count). The van der Waals surface area contributed by atoms with Gasteiger partial charge in [0.05, 0.1) is 17.1 Å². The Morgan fingerprint density at radius 1 is 1.40 bits per heavy atom. The van der Waals surface area contributed by atoms with Crippen molar-refractivity contribution in [2.24, 2.45) is 0 Å². The van der Waals surface area contributed by atoms with Crippen molar-refractivity contribution in [3.63, 3.8) is 0 Å². The molecule has 0 radical (unpaired) electrons. The van der Waals surface area contributed by atoms with Crippen molar-refractivity contribution in [1.29, 1.82) is 0 Å². The molecule has 1 aromatic heterocycles. The third kappa shape index (κ3) is 5.46. The van der Waals surface area contributed by atoms with E-state index in [0.29, 0.717) is 16.5 Å². The van der Waals surface area contributed by atoms with Gasteiger partial charge in [0, 0.05) is 35.6 Å². The lowest BCUT2D eigenvalue weighted by atomic mass is 10.2. The molecule has 0 bridgehead atoms. The summed E-state index contributed by atoms with van der Waals surface area (Å²) < 4.78 is 0. The molecule has 25 heavy (non-hydrogen) atoms. The number of thiazole rings is 1. The number of amides is 1. The zero-order chi connectivity index (χ0) is 16.4. The molecule has 1 fully saturated rings. The van der Waals surface area contributed by atoms with Gasteiger partial charge in [-0.2, -0.15) is 0 Å². The van der Waals surface area contributed by atoms with Gasteiger partial charge in [0.1, 0.15) is 5.01 Å². The van der Waals surface area contributed by atoms with Gasteiger partial charge in [-0.25, -0.2) is 4.98 Å². The molecule has 0 aliphatic carbocycles. The predicted molar refractivity (Wildman–Crippen MR) is 110 cm³/mol. The SMILES string of the molecule is CN(C(=O)Cc1csc(-c2ccc(Cl)cc2Cl)n1)C1CCNC1.Cl.Cl. The van der Waals surface area contributed by atoms with Crippen molar-refractivity contribution in [2.75, 3.05) is 20.1 Å². The molecule has 1 unspecified atom stereocenters. The number of benzene rings is 1. The number of rotatable bonds is 4. The van der Waals surface area contributed by atoms with Gasteiger partial charge in [0.25, 0.3) is 0 Å². The second-order valence-corrected chi connectivity index (χ2v) is 7.30. The molecule has 1 aromatic carbocycles. The molecule has 1 N–H and O–H groups in total. The fourth-order valence-corrected chi connectivity index (χ4v) is 4.04. The summed E-state index contributed by atoms with van der Waals surface area (Å²) in [6.07, 6.45) is 1.32. The van der Waals surface area contributed by atoms with Crippen LogP contribution in [0.2, 0.25) is 10.0 Å². The van der Waals surface area contributed by atoms with Crippen LogP contribution in [0.25, 0.3) is 10.6 Å². The number of carbonyl (C=O) groups excluding carboxylic acids is 1. The third-order valence-electron chi connectivity index (χ3n) is 4.02. The molecule has 138 valence electrons. The summed E-state index contributed by atoms with van der Waals surface area (Å²) in [4.78, 5) is 18.8. The molecule has 1 aliphatic rings. The lowest BCUT2D eigenvalue weighted by molar-refractivity contribution is -0.130. The van der Waals surface area contributed by atoms with Crippen LogP contribution in [0.15, 0.2) is 23.6 Å². The van der Waals surface area contributed by atoms with E-state index in [1.807, 2.05) is 23.4 Å². The van der Waals surface area contributed by atoms with Crippen LogP contribution in [-0.2, 0) is 11.2 Å². The quantitative estimate of drug-likeness (QED) is 0.766. The van der Waals surface area contributed by atoms with Crippen molar-refractivity contribution in [3.05, 3.63) is 39.3 Å². The van der Waals surface area contributed by atoms with E-state index >= 15 is 0 Å². The average Bonchev–Trinajstić information content (AvgIpc) is 3.18. The molecule has 0 spiro atoms. The van der Waals surface area contributed by atoms with Crippen molar-refractivity contribution >= 4 is 65.3 Å². The van der Waals surface area contributed by atoms with E-state index in [1.165, 1.54) is 11.3 Å². The summed E-state index contributed by atoms with van der Waals surface area (Å²) in [7, 11) is 1.86. The summed E-state index contributed by atoms with van der Waals surface area (Å²) in [5, 5.41) is 7.16. The maximum Gasteiger partial charge on any atom is 0.228 e. The molecular weight excluding hydrogens is 424 g/mol. The topological polar surface area (TPSA) is 45.2 Å². The Bertz CT molecular complexity index is 719. The zero-order valence-corrected chi connectivity index (χ0v) is 17.5. The highest BCUT2D eigenvalue weighted by atomic mass is 35.5. The molecule has 1 saturated heterocycles. The van der Waals surface area contributed by atoms with E-state index in [0.717, 1.165) is 35.8 Å². The molecule has 2 heterocycles. The second-order valence-electron chi connectivity index (χ2n) is 5.60. The summed E-state index contributed by atoms with van der Waals surface area (Å²) in [5.74, 6) is 0.0951. The molecule has 1 atom stereocenters. The molecule has 9 heteroatoms. The first-order valence-electron chi connectivity index (χ1n) is 7.41. The number of nitrogens with one attached hydrogen (secondary N) is 1. The summed E-state index contributed by atoms with van der Waals surface area (Å²) >= 11 is 13.6. The van der Waals surface area contributed by atoms with Crippen molar-refractivity contribution in [3.8, 4) is 10.6 Å². The van der Waals surface area contributed by atoms with E-state index in [4.69, 9.17) is 23.2 Å². The van der Waals surface area contributed by atoms with Crippen LogP contribution < -0.4 is 5.32 Å². The van der Waals surface area contributed by atoms with Crippen LogP contribution in [0.1, 0.15) is 12.1 Å². The van der Waals surface area contributed by atoms with E-state index in [-0.39, 0.29) is 36.8 Å². The maximum absolute atomic E-state index is 12.4. The highest BCUT2D eigenvalue weighted by Crippen LogP contribution is 2.32. The highest BCUT2D eigenvalue weighted by Gasteiger charge is 2.23. The second kappa shape index (κ2) is 9.95. The van der Waals surface area contributed by atoms with Crippen LogP contribution in [0, 0.1) is 0 Å². The lowest BCUT2D eigenvalue weighted by Crippen LogP contribution is -2.39. The fraction of sp³-hybridized carbons (Fsp3) is 0.375. The Balaban J connectivity index is 0.00000156. The third-order valence-corrected chi connectivity index (χ3v) is 5.49. The Labute approximate surface area is 173 Å². The molecule has 4 nitrogen and oxygen atoms in total. The first-order chi connectivity index (χ1) is 11.0. The number of halogens is 4. The van der Waals surface area contributed by atoms with E-state index in [2.05, 4.69) is 10.3 Å². The number of hydrogen-bond donors (Lipinski definition) is 1. The van der Waals surface area contributed by atoms with Gasteiger partial charge < -0.3 is 10.2 Å². The smallest absolute Gasteiger partial charge is 0.228 e. The number of nitrogens with zero attached hydrogens (tertiary/aromatic N) is 2. The largest absolute Gasteiger partial charge is 0.341 e. The minimum atomic E-state index is 0. The van der Waals surface area contributed by atoms with Crippen molar-refractivity contribution < 1.29 is 4.79 Å². The van der Waals surface area contributed by atoms with Crippen molar-refractivity contribution in [2.45, 2.75) is 18.9 Å².